The van der Waals surface area contributed by atoms with Crippen molar-refractivity contribution in [2.75, 3.05) is 18.1 Å². The first-order valence-electron chi connectivity index (χ1n) is 10.4. The molecule has 1 aliphatic heterocycles. The summed E-state index contributed by atoms with van der Waals surface area (Å²) < 4.78 is 10.0. The highest BCUT2D eigenvalue weighted by molar-refractivity contribution is 5.98. The summed E-state index contributed by atoms with van der Waals surface area (Å²) in [4.78, 5) is 26.6. The van der Waals surface area contributed by atoms with Gasteiger partial charge in [0.1, 0.15) is 5.75 Å². The molecule has 1 amide bonds. The Morgan fingerprint density at radius 1 is 1.20 bits per heavy atom. The third-order valence-corrected chi connectivity index (χ3v) is 5.49. The Morgan fingerprint density at radius 3 is 2.53 bits per heavy atom. The molecule has 0 radical (unpaired) electrons. The van der Waals surface area contributed by atoms with Crippen LogP contribution in [0.2, 0.25) is 0 Å². The highest BCUT2D eigenvalue weighted by atomic mass is 16.7. The van der Waals surface area contributed by atoms with Crippen LogP contribution in [0.3, 0.4) is 0 Å². The first kappa shape index (κ1) is 21.8. The van der Waals surface area contributed by atoms with Crippen LogP contribution in [-0.4, -0.2) is 31.3 Å². The minimum Gasteiger partial charge on any atom is -0.434 e. The molecular weight excluding hydrogens is 380 g/mol. The van der Waals surface area contributed by atoms with Crippen molar-refractivity contribution in [3.63, 3.8) is 0 Å². The number of carbonyl (C=O) groups is 2. The van der Waals surface area contributed by atoms with E-state index in [2.05, 4.69) is 13.0 Å². The van der Waals surface area contributed by atoms with Crippen LogP contribution in [0, 0.1) is 19.8 Å². The molecule has 160 valence electrons. The van der Waals surface area contributed by atoms with Gasteiger partial charge in [0.15, 0.2) is 0 Å². The molecule has 1 aliphatic rings. The van der Waals surface area contributed by atoms with Crippen molar-refractivity contribution >= 4 is 17.7 Å². The molecule has 2 atom stereocenters. The van der Waals surface area contributed by atoms with Crippen LogP contribution >= 0.6 is 0 Å². The lowest BCUT2D eigenvalue weighted by Gasteiger charge is -2.34. The summed E-state index contributed by atoms with van der Waals surface area (Å²) >= 11 is 0. The second kappa shape index (κ2) is 9.30. The Hall–Kier alpha value is -2.86. The third-order valence-electron chi connectivity index (χ3n) is 5.49. The molecule has 0 fully saturated rings. The second-order valence-corrected chi connectivity index (χ2v) is 8.02. The van der Waals surface area contributed by atoms with Crippen molar-refractivity contribution in [1.29, 1.82) is 0 Å². The lowest BCUT2D eigenvalue weighted by atomic mass is 9.92. The molecule has 0 saturated carbocycles. The summed E-state index contributed by atoms with van der Waals surface area (Å²) in [5.74, 6) is 0.740. The zero-order valence-corrected chi connectivity index (χ0v) is 18.1. The summed E-state index contributed by atoms with van der Waals surface area (Å²) in [5.41, 5.74) is 11.4. The second-order valence-electron chi connectivity index (χ2n) is 8.02. The number of anilines is 1. The van der Waals surface area contributed by atoms with E-state index in [9.17, 15) is 9.59 Å². The van der Waals surface area contributed by atoms with Gasteiger partial charge < -0.3 is 20.1 Å². The summed E-state index contributed by atoms with van der Waals surface area (Å²) in [6.07, 6.45) is 0.660. The van der Waals surface area contributed by atoms with Gasteiger partial charge in [0.05, 0.1) is 12.6 Å². The lowest BCUT2D eigenvalue weighted by molar-refractivity contribution is -0.120. The molecule has 6 heteroatoms. The molecule has 30 heavy (non-hydrogen) atoms. The summed E-state index contributed by atoms with van der Waals surface area (Å²) in [5, 5.41) is 0. The minimum atomic E-state index is -0.728. The lowest BCUT2D eigenvalue weighted by Crippen LogP contribution is -2.48. The molecule has 2 aromatic carbocycles. The molecule has 0 bridgehead atoms. The number of amides is 1. The third kappa shape index (κ3) is 4.82. The summed E-state index contributed by atoms with van der Waals surface area (Å²) in [7, 11) is 0. The van der Waals surface area contributed by atoms with Gasteiger partial charge in [-0.05, 0) is 80.0 Å². The fourth-order valence-corrected chi connectivity index (χ4v) is 4.09. The Bertz CT molecular complexity index is 918. The molecule has 0 saturated heterocycles. The molecule has 0 spiro atoms. The molecule has 0 aliphatic carbocycles. The number of ether oxygens (including phenoxy) is 2. The summed E-state index contributed by atoms with van der Waals surface area (Å²) in [6, 6.07) is 10.9. The number of benzene rings is 2. The number of nitrogens with zero attached hydrogens (tertiary/aromatic N) is 1. The maximum absolute atomic E-state index is 13.2. The van der Waals surface area contributed by atoms with Gasteiger partial charge in [-0.3, -0.25) is 4.79 Å². The van der Waals surface area contributed by atoms with Crippen LogP contribution in [0.4, 0.5) is 10.5 Å². The molecule has 1 unspecified atom stereocenters. The van der Waals surface area contributed by atoms with E-state index in [-0.39, 0.29) is 12.5 Å². The van der Waals surface area contributed by atoms with Crippen molar-refractivity contribution in [3.8, 4) is 5.75 Å². The van der Waals surface area contributed by atoms with Gasteiger partial charge >= 0.3 is 6.16 Å². The van der Waals surface area contributed by atoms with Crippen LogP contribution in [0.15, 0.2) is 36.4 Å². The Morgan fingerprint density at radius 2 is 1.87 bits per heavy atom. The van der Waals surface area contributed by atoms with Crippen molar-refractivity contribution in [1.82, 2.24) is 0 Å². The fraction of sp³-hybridized carbons (Fsp3) is 0.417. The zero-order chi connectivity index (χ0) is 21.8. The molecule has 3 rings (SSSR count). The fourth-order valence-electron chi connectivity index (χ4n) is 4.09. The number of hydrogen-bond donors (Lipinski definition) is 1. The number of para-hydroxylation sites is 1. The average Bonchev–Trinajstić information content (AvgIpc) is 2.69. The molecule has 2 N–H and O–H groups in total. The number of aryl methyl sites for hydroxylation is 2. The molecule has 6 nitrogen and oxygen atoms in total. The van der Waals surface area contributed by atoms with Gasteiger partial charge in [-0.25, -0.2) is 4.79 Å². The van der Waals surface area contributed by atoms with Gasteiger partial charge in [0.25, 0.3) is 0 Å². The van der Waals surface area contributed by atoms with E-state index in [1.807, 2.05) is 36.9 Å². The number of nitrogens with two attached hydrogens (primary N) is 1. The van der Waals surface area contributed by atoms with E-state index < -0.39 is 12.2 Å². The maximum Gasteiger partial charge on any atom is 0.513 e. The summed E-state index contributed by atoms with van der Waals surface area (Å²) in [6.45, 7) is 8.66. The SMILES string of the molecule is CCOC(=O)Oc1cc(C)c(C[C@@H](N)C(=O)N2CC(C)Cc3ccccc32)c(C)c1. The highest BCUT2D eigenvalue weighted by Gasteiger charge is 2.30. The first-order chi connectivity index (χ1) is 14.3. The molecular formula is C24H30N2O4. The predicted octanol–water partition coefficient (Wildman–Crippen LogP) is 3.93. The van der Waals surface area contributed by atoms with Crippen LogP contribution in [0.1, 0.15) is 36.1 Å². The van der Waals surface area contributed by atoms with Gasteiger partial charge in [0, 0.05) is 12.2 Å². The number of hydrogen-bond acceptors (Lipinski definition) is 5. The topological polar surface area (TPSA) is 81.9 Å². The highest BCUT2D eigenvalue weighted by Crippen LogP contribution is 2.30. The van der Waals surface area contributed by atoms with Crippen molar-refractivity contribution in [3.05, 3.63) is 58.7 Å². The van der Waals surface area contributed by atoms with Crippen LogP contribution in [-0.2, 0) is 22.4 Å². The van der Waals surface area contributed by atoms with Gasteiger partial charge in [-0.2, -0.15) is 0 Å². The molecule has 1 heterocycles. The van der Waals surface area contributed by atoms with Crippen LogP contribution in [0.5, 0.6) is 5.75 Å². The van der Waals surface area contributed by atoms with E-state index in [4.69, 9.17) is 15.2 Å². The Labute approximate surface area is 178 Å². The van der Waals surface area contributed by atoms with Crippen LogP contribution in [0.25, 0.3) is 0 Å². The van der Waals surface area contributed by atoms with E-state index in [0.717, 1.165) is 28.8 Å². The normalized spacial score (nSPS) is 16.6. The molecule has 2 aromatic rings. The Balaban J connectivity index is 1.77. The van der Waals surface area contributed by atoms with Gasteiger partial charge in [0.2, 0.25) is 5.91 Å². The van der Waals surface area contributed by atoms with Crippen molar-refractivity contribution in [2.24, 2.45) is 11.7 Å². The standard InChI is InChI=1S/C24H30N2O4/c1-5-29-24(28)30-19-11-16(3)20(17(4)12-19)13-21(25)23(27)26-14-15(2)10-18-8-6-7-9-22(18)26/h6-9,11-12,15,21H,5,10,13-14,25H2,1-4H3/t15?,21-/m1/s1. The van der Waals surface area contributed by atoms with Gasteiger partial charge in [-0.15, -0.1) is 0 Å². The van der Waals surface area contributed by atoms with Crippen LogP contribution < -0.4 is 15.4 Å². The van der Waals surface area contributed by atoms with E-state index in [1.54, 1.807) is 19.1 Å². The number of carbonyl (C=O) groups excluding carboxylic acids is 2. The van der Waals surface area contributed by atoms with E-state index in [1.165, 1.54) is 5.56 Å². The predicted molar refractivity (Wildman–Crippen MR) is 117 cm³/mol. The van der Waals surface area contributed by atoms with Crippen molar-refractivity contribution < 1.29 is 19.1 Å². The Kier molecular flexibility index (Phi) is 6.77. The van der Waals surface area contributed by atoms with E-state index >= 15 is 0 Å². The zero-order valence-electron chi connectivity index (χ0n) is 18.1. The number of rotatable bonds is 5. The molecule has 0 aromatic heterocycles. The monoisotopic (exact) mass is 410 g/mol. The first-order valence-corrected chi connectivity index (χ1v) is 10.4. The number of fused-ring (bicyclic) bond motifs is 1. The van der Waals surface area contributed by atoms with E-state index in [0.29, 0.717) is 24.6 Å². The average molecular weight is 411 g/mol. The van der Waals surface area contributed by atoms with Gasteiger partial charge in [-0.1, -0.05) is 25.1 Å². The largest absolute Gasteiger partial charge is 0.513 e. The quantitative estimate of drug-likeness (QED) is 0.596. The minimum absolute atomic E-state index is 0.0698. The maximum atomic E-state index is 13.2. The van der Waals surface area contributed by atoms with Crippen molar-refractivity contribution in [2.45, 2.75) is 46.6 Å². The smallest absolute Gasteiger partial charge is 0.434 e.